The second-order valence-electron chi connectivity index (χ2n) is 3.70. The third kappa shape index (κ3) is 2.23. The summed E-state index contributed by atoms with van der Waals surface area (Å²) in [5, 5.41) is 3.35. The molecule has 0 amide bonds. The summed E-state index contributed by atoms with van der Waals surface area (Å²) in [5.41, 5.74) is 0. The zero-order valence-corrected chi connectivity index (χ0v) is 8.44. The summed E-state index contributed by atoms with van der Waals surface area (Å²) in [5.74, 6) is 0.926. The zero-order chi connectivity index (χ0) is 9.80. The van der Waals surface area contributed by atoms with Crippen LogP contribution in [0.3, 0.4) is 0 Å². The van der Waals surface area contributed by atoms with Crippen LogP contribution >= 0.6 is 0 Å². The van der Waals surface area contributed by atoms with Gasteiger partial charge in [0.1, 0.15) is 5.82 Å². The third-order valence-corrected chi connectivity index (χ3v) is 2.56. The van der Waals surface area contributed by atoms with Crippen LogP contribution in [0.1, 0.15) is 19.8 Å². The number of ether oxygens (including phenoxy) is 1. The lowest BCUT2D eigenvalue weighted by Crippen LogP contribution is -2.30. The quantitative estimate of drug-likeness (QED) is 0.796. The standard InChI is InChI=1S/C11H16N2O/c1-9(10-5-4-8-14-10)13-11-6-2-3-7-12-11/h2-3,6-7,9-10H,4-5,8H2,1H3,(H,12,13). The van der Waals surface area contributed by atoms with Gasteiger partial charge in [-0.15, -0.1) is 0 Å². The smallest absolute Gasteiger partial charge is 0.126 e. The highest BCUT2D eigenvalue weighted by atomic mass is 16.5. The maximum Gasteiger partial charge on any atom is 0.126 e. The van der Waals surface area contributed by atoms with Crippen molar-refractivity contribution in [1.82, 2.24) is 4.98 Å². The number of anilines is 1. The van der Waals surface area contributed by atoms with Gasteiger partial charge in [-0.25, -0.2) is 4.98 Å². The molecule has 1 aliphatic heterocycles. The fraction of sp³-hybridized carbons (Fsp3) is 0.545. The Kier molecular flexibility index (Phi) is 2.99. The van der Waals surface area contributed by atoms with E-state index in [0.29, 0.717) is 12.1 Å². The van der Waals surface area contributed by atoms with Gasteiger partial charge in [0, 0.05) is 12.8 Å². The molecule has 3 heteroatoms. The van der Waals surface area contributed by atoms with E-state index >= 15 is 0 Å². The van der Waals surface area contributed by atoms with Gasteiger partial charge in [-0.1, -0.05) is 6.07 Å². The number of nitrogens with one attached hydrogen (secondary N) is 1. The molecule has 1 saturated heterocycles. The average Bonchev–Trinajstić information content (AvgIpc) is 2.72. The largest absolute Gasteiger partial charge is 0.376 e. The molecule has 0 aromatic carbocycles. The van der Waals surface area contributed by atoms with E-state index in [-0.39, 0.29) is 0 Å². The van der Waals surface area contributed by atoms with Gasteiger partial charge >= 0.3 is 0 Å². The van der Waals surface area contributed by atoms with Crippen molar-refractivity contribution in [2.75, 3.05) is 11.9 Å². The number of pyridine rings is 1. The summed E-state index contributed by atoms with van der Waals surface area (Å²) in [6.07, 6.45) is 4.47. The van der Waals surface area contributed by atoms with E-state index < -0.39 is 0 Å². The fourth-order valence-corrected chi connectivity index (χ4v) is 1.77. The molecule has 2 heterocycles. The van der Waals surface area contributed by atoms with Crippen LogP contribution in [0.15, 0.2) is 24.4 Å². The summed E-state index contributed by atoms with van der Waals surface area (Å²) in [7, 11) is 0. The second kappa shape index (κ2) is 4.42. The molecule has 14 heavy (non-hydrogen) atoms. The van der Waals surface area contributed by atoms with Crippen LogP contribution in [0.2, 0.25) is 0 Å². The highest BCUT2D eigenvalue weighted by Gasteiger charge is 2.22. The minimum Gasteiger partial charge on any atom is -0.376 e. The predicted molar refractivity (Wildman–Crippen MR) is 56.3 cm³/mol. The lowest BCUT2D eigenvalue weighted by atomic mass is 10.1. The molecule has 3 nitrogen and oxygen atoms in total. The number of hydrogen-bond acceptors (Lipinski definition) is 3. The van der Waals surface area contributed by atoms with Gasteiger partial charge in [-0.2, -0.15) is 0 Å². The Morgan fingerprint density at radius 1 is 1.57 bits per heavy atom. The topological polar surface area (TPSA) is 34.2 Å². The van der Waals surface area contributed by atoms with Crippen molar-refractivity contribution in [2.45, 2.75) is 31.9 Å². The van der Waals surface area contributed by atoms with Gasteiger partial charge < -0.3 is 10.1 Å². The second-order valence-corrected chi connectivity index (χ2v) is 3.70. The Morgan fingerprint density at radius 2 is 2.50 bits per heavy atom. The molecular formula is C11H16N2O. The van der Waals surface area contributed by atoms with Crippen LogP contribution in [0.4, 0.5) is 5.82 Å². The van der Waals surface area contributed by atoms with Crippen molar-refractivity contribution in [2.24, 2.45) is 0 Å². The van der Waals surface area contributed by atoms with Gasteiger partial charge in [0.15, 0.2) is 0 Å². The minimum atomic E-state index is 0.340. The van der Waals surface area contributed by atoms with Crippen LogP contribution in [-0.4, -0.2) is 23.7 Å². The van der Waals surface area contributed by atoms with Crippen molar-refractivity contribution >= 4 is 5.82 Å². The SMILES string of the molecule is CC(Nc1ccccn1)C1CCCO1. The monoisotopic (exact) mass is 192 g/mol. The van der Waals surface area contributed by atoms with E-state index in [2.05, 4.69) is 17.2 Å². The first-order chi connectivity index (χ1) is 6.86. The number of aromatic nitrogens is 1. The number of rotatable bonds is 3. The maximum absolute atomic E-state index is 5.60. The van der Waals surface area contributed by atoms with Crippen molar-refractivity contribution in [1.29, 1.82) is 0 Å². The van der Waals surface area contributed by atoms with Crippen LogP contribution in [0, 0.1) is 0 Å². The molecule has 2 atom stereocenters. The predicted octanol–water partition coefficient (Wildman–Crippen LogP) is 2.06. The molecule has 1 N–H and O–H groups in total. The van der Waals surface area contributed by atoms with Gasteiger partial charge in [0.25, 0.3) is 0 Å². The first kappa shape index (κ1) is 9.46. The van der Waals surface area contributed by atoms with Crippen molar-refractivity contribution in [3.05, 3.63) is 24.4 Å². The van der Waals surface area contributed by atoms with E-state index in [1.165, 1.54) is 6.42 Å². The Balaban J connectivity index is 1.90. The van der Waals surface area contributed by atoms with E-state index in [9.17, 15) is 0 Å². The van der Waals surface area contributed by atoms with Gasteiger partial charge in [-0.05, 0) is 31.9 Å². The molecule has 1 aromatic rings. The van der Waals surface area contributed by atoms with Crippen molar-refractivity contribution < 1.29 is 4.74 Å². The molecule has 1 fully saturated rings. The summed E-state index contributed by atoms with van der Waals surface area (Å²) >= 11 is 0. The number of nitrogens with zero attached hydrogens (tertiary/aromatic N) is 1. The van der Waals surface area contributed by atoms with Crippen LogP contribution in [0.25, 0.3) is 0 Å². The normalized spacial score (nSPS) is 23.4. The van der Waals surface area contributed by atoms with Crippen molar-refractivity contribution in [3.63, 3.8) is 0 Å². The first-order valence-corrected chi connectivity index (χ1v) is 5.15. The Hall–Kier alpha value is -1.09. The molecule has 1 aromatic heterocycles. The summed E-state index contributed by atoms with van der Waals surface area (Å²) < 4.78 is 5.60. The molecule has 76 valence electrons. The lowest BCUT2D eigenvalue weighted by Gasteiger charge is -2.20. The van der Waals surface area contributed by atoms with Gasteiger partial charge in [-0.3, -0.25) is 0 Å². The minimum absolute atomic E-state index is 0.340. The highest BCUT2D eigenvalue weighted by molar-refractivity contribution is 5.34. The summed E-state index contributed by atoms with van der Waals surface area (Å²) in [6.45, 7) is 3.05. The molecule has 2 unspecified atom stereocenters. The van der Waals surface area contributed by atoms with Gasteiger partial charge in [0.05, 0.1) is 12.1 Å². The summed E-state index contributed by atoms with van der Waals surface area (Å²) in [6, 6.07) is 6.22. The van der Waals surface area contributed by atoms with E-state index in [4.69, 9.17) is 4.74 Å². The molecule has 0 aliphatic carbocycles. The van der Waals surface area contributed by atoms with E-state index in [1.807, 2.05) is 18.2 Å². The Bertz CT molecular complexity index is 270. The third-order valence-electron chi connectivity index (χ3n) is 2.56. The molecular weight excluding hydrogens is 176 g/mol. The van der Waals surface area contributed by atoms with Crippen LogP contribution in [-0.2, 0) is 4.74 Å². The molecule has 0 spiro atoms. The summed E-state index contributed by atoms with van der Waals surface area (Å²) in [4.78, 5) is 4.22. The zero-order valence-electron chi connectivity index (χ0n) is 8.44. The van der Waals surface area contributed by atoms with Crippen LogP contribution in [0.5, 0.6) is 0 Å². The van der Waals surface area contributed by atoms with E-state index in [1.54, 1.807) is 6.20 Å². The molecule has 2 rings (SSSR count). The van der Waals surface area contributed by atoms with Crippen LogP contribution < -0.4 is 5.32 Å². The van der Waals surface area contributed by atoms with Crippen molar-refractivity contribution in [3.8, 4) is 0 Å². The molecule has 0 radical (unpaired) electrons. The molecule has 1 aliphatic rings. The lowest BCUT2D eigenvalue weighted by molar-refractivity contribution is 0.0995. The van der Waals surface area contributed by atoms with Gasteiger partial charge in [0.2, 0.25) is 0 Å². The fourth-order valence-electron chi connectivity index (χ4n) is 1.77. The Morgan fingerprint density at radius 3 is 3.14 bits per heavy atom. The first-order valence-electron chi connectivity index (χ1n) is 5.15. The Labute approximate surface area is 84.5 Å². The highest BCUT2D eigenvalue weighted by Crippen LogP contribution is 2.17. The molecule has 0 bridgehead atoms. The maximum atomic E-state index is 5.60. The molecule has 0 saturated carbocycles. The average molecular weight is 192 g/mol. The van der Waals surface area contributed by atoms with E-state index in [0.717, 1.165) is 18.8 Å². The number of hydrogen-bond donors (Lipinski definition) is 1.